The lowest BCUT2D eigenvalue weighted by molar-refractivity contribution is -0.151. The van der Waals surface area contributed by atoms with Gasteiger partial charge >= 0.3 is 5.97 Å². The number of allylic oxidation sites excluding steroid dienone is 2. The average molecular weight is 360 g/mol. The van der Waals surface area contributed by atoms with Crippen LogP contribution < -0.4 is 11.1 Å². The Morgan fingerprint density at radius 1 is 1.12 bits per heavy atom. The lowest BCUT2D eigenvalue weighted by atomic mass is 9.62. The van der Waals surface area contributed by atoms with Gasteiger partial charge in [-0.05, 0) is 49.5 Å². The largest absolute Gasteiger partial charge is 0.481 e. The highest BCUT2D eigenvalue weighted by atomic mass is 32.1. The number of aryl methyl sites for hydroxylation is 1. The molecule has 1 aromatic heterocycles. The van der Waals surface area contributed by atoms with E-state index in [0.717, 1.165) is 42.5 Å². The summed E-state index contributed by atoms with van der Waals surface area (Å²) in [4.78, 5) is 37.6. The third-order valence-corrected chi connectivity index (χ3v) is 6.95. The van der Waals surface area contributed by atoms with Gasteiger partial charge in [0.1, 0.15) is 5.00 Å². The molecule has 0 aliphatic heterocycles. The highest BCUT2D eigenvalue weighted by Gasteiger charge is 2.48. The number of hydrogen-bond acceptors (Lipinski definition) is 4. The van der Waals surface area contributed by atoms with Crippen molar-refractivity contribution in [2.24, 2.45) is 29.4 Å². The first-order chi connectivity index (χ1) is 12.0. The van der Waals surface area contributed by atoms with Crippen molar-refractivity contribution in [1.82, 2.24) is 0 Å². The number of nitrogens with one attached hydrogen (secondary N) is 1. The molecule has 2 amide bonds. The normalized spacial score (nSPS) is 29.4. The van der Waals surface area contributed by atoms with Gasteiger partial charge in [0.05, 0.1) is 17.4 Å². The molecule has 4 aliphatic rings. The summed E-state index contributed by atoms with van der Waals surface area (Å²) in [6.07, 6.45) is 8.23. The number of nitrogens with two attached hydrogens (primary N) is 1. The molecule has 0 unspecified atom stereocenters. The van der Waals surface area contributed by atoms with E-state index in [4.69, 9.17) is 5.73 Å². The van der Waals surface area contributed by atoms with Crippen LogP contribution in [0.1, 0.15) is 40.1 Å². The summed E-state index contributed by atoms with van der Waals surface area (Å²) in [7, 11) is 0. The fourth-order valence-corrected chi connectivity index (χ4v) is 5.93. The fourth-order valence-electron chi connectivity index (χ4n) is 4.64. The molecule has 6 nitrogen and oxygen atoms in total. The molecule has 1 heterocycles. The van der Waals surface area contributed by atoms with Crippen LogP contribution in [-0.4, -0.2) is 22.9 Å². The summed E-state index contributed by atoms with van der Waals surface area (Å²) in [6.45, 7) is 0. The minimum Gasteiger partial charge on any atom is -0.481 e. The highest BCUT2D eigenvalue weighted by molar-refractivity contribution is 7.17. The van der Waals surface area contributed by atoms with Gasteiger partial charge in [-0.1, -0.05) is 12.2 Å². The molecule has 1 aromatic rings. The number of hydrogen-bond donors (Lipinski definition) is 3. The summed E-state index contributed by atoms with van der Waals surface area (Å²) in [5.41, 5.74) is 6.90. The second-order valence-corrected chi connectivity index (χ2v) is 8.20. The Hall–Kier alpha value is -2.15. The van der Waals surface area contributed by atoms with Crippen molar-refractivity contribution in [2.75, 3.05) is 5.32 Å². The van der Waals surface area contributed by atoms with Gasteiger partial charge in [-0.15, -0.1) is 11.3 Å². The number of thiophene rings is 1. The van der Waals surface area contributed by atoms with E-state index in [9.17, 15) is 19.5 Å². The number of anilines is 1. The van der Waals surface area contributed by atoms with Crippen molar-refractivity contribution < 1.29 is 19.5 Å². The third-order valence-electron chi connectivity index (χ3n) is 5.74. The van der Waals surface area contributed by atoms with Gasteiger partial charge in [0, 0.05) is 4.88 Å². The Morgan fingerprint density at radius 2 is 1.80 bits per heavy atom. The number of aliphatic carboxylic acids is 1. The van der Waals surface area contributed by atoms with E-state index in [1.54, 1.807) is 0 Å². The molecule has 7 heteroatoms. The maximum atomic E-state index is 12.9. The van der Waals surface area contributed by atoms with Gasteiger partial charge in [-0.3, -0.25) is 14.4 Å². The Bertz CT molecular complexity index is 797. The molecular formula is C18H20N2O4S. The lowest BCUT2D eigenvalue weighted by Crippen LogP contribution is -2.47. The molecule has 2 bridgehead atoms. The smallest absolute Gasteiger partial charge is 0.307 e. The first kappa shape index (κ1) is 16.3. The number of carboxylic acid groups (broad SMARTS) is 1. The molecule has 0 radical (unpaired) electrons. The number of carbonyl (C=O) groups is 3. The van der Waals surface area contributed by atoms with Crippen molar-refractivity contribution in [3.05, 3.63) is 28.2 Å². The van der Waals surface area contributed by atoms with E-state index in [2.05, 4.69) is 5.32 Å². The number of primary amides is 1. The maximum Gasteiger partial charge on any atom is 0.307 e. The fraction of sp³-hybridized carbons (Fsp3) is 0.500. The zero-order valence-electron chi connectivity index (χ0n) is 13.7. The Kier molecular flexibility index (Phi) is 3.91. The SMILES string of the molecule is NC(=O)c1c(NC(=O)[C@H]2[C@@H](C(=O)O)[C@H]3C=C[C@H]2CC3)sc2c1CCC2. The standard InChI is InChI=1S/C18H20N2O4S/c19-15(21)14-10-2-1-3-11(10)25-17(14)20-16(22)12-8-4-6-9(7-5-8)13(12)18(23)24/h4,6,8-9,12-13H,1-3,5,7H2,(H2,19,21)(H,20,22)(H,23,24)/t8-,9-,12+,13-/m0/s1. The van der Waals surface area contributed by atoms with Crippen molar-refractivity contribution in [1.29, 1.82) is 0 Å². The summed E-state index contributed by atoms with van der Waals surface area (Å²) in [6, 6.07) is 0. The monoisotopic (exact) mass is 360 g/mol. The predicted octanol–water partition coefficient (Wildman–Crippen LogP) is 2.19. The zero-order chi connectivity index (χ0) is 17.7. The van der Waals surface area contributed by atoms with Crippen LogP contribution in [0.4, 0.5) is 5.00 Å². The average Bonchev–Trinajstić information content (AvgIpc) is 3.14. The number of carboxylic acids is 1. The van der Waals surface area contributed by atoms with Crippen LogP contribution >= 0.6 is 11.3 Å². The quantitative estimate of drug-likeness (QED) is 0.715. The third kappa shape index (κ3) is 2.57. The maximum absolute atomic E-state index is 12.9. The minimum atomic E-state index is -0.928. The van der Waals surface area contributed by atoms with Crippen LogP contribution in [-0.2, 0) is 22.4 Å². The van der Waals surface area contributed by atoms with Gasteiger partial charge in [-0.2, -0.15) is 0 Å². The van der Waals surface area contributed by atoms with Crippen LogP contribution in [0.3, 0.4) is 0 Å². The summed E-state index contributed by atoms with van der Waals surface area (Å²) < 4.78 is 0. The second kappa shape index (κ2) is 5.98. The van der Waals surface area contributed by atoms with E-state index in [0.29, 0.717) is 10.6 Å². The molecule has 0 aromatic carbocycles. The van der Waals surface area contributed by atoms with E-state index >= 15 is 0 Å². The van der Waals surface area contributed by atoms with Crippen molar-refractivity contribution in [2.45, 2.75) is 32.1 Å². The number of rotatable bonds is 4. The van der Waals surface area contributed by atoms with Gasteiger partial charge in [0.25, 0.3) is 5.91 Å². The molecule has 4 aliphatic carbocycles. The van der Waals surface area contributed by atoms with E-state index in [1.807, 2.05) is 12.2 Å². The van der Waals surface area contributed by atoms with E-state index in [-0.39, 0.29) is 17.7 Å². The molecule has 1 fully saturated rings. The number of fused-ring (bicyclic) bond motifs is 3. The molecule has 0 spiro atoms. The van der Waals surface area contributed by atoms with Crippen LogP contribution in [0.5, 0.6) is 0 Å². The predicted molar refractivity (Wildman–Crippen MR) is 93.5 cm³/mol. The molecule has 25 heavy (non-hydrogen) atoms. The highest BCUT2D eigenvalue weighted by Crippen LogP contribution is 2.46. The van der Waals surface area contributed by atoms with E-state index in [1.165, 1.54) is 11.3 Å². The topological polar surface area (TPSA) is 109 Å². The Labute approximate surface area is 149 Å². The van der Waals surface area contributed by atoms with Crippen molar-refractivity contribution in [3.63, 3.8) is 0 Å². The summed E-state index contributed by atoms with van der Waals surface area (Å²) in [5.74, 6) is -3.23. The van der Waals surface area contributed by atoms with Crippen LogP contribution in [0, 0.1) is 23.7 Å². The molecule has 0 saturated heterocycles. The molecule has 5 rings (SSSR count). The van der Waals surface area contributed by atoms with E-state index < -0.39 is 23.7 Å². The minimum absolute atomic E-state index is 0.0602. The zero-order valence-corrected chi connectivity index (χ0v) is 14.5. The number of carbonyl (C=O) groups excluding carboxylic acids is 2. The van der Waals surface area contributed by atoms with Gasteiger partial charge in [0.2, 0.25) is 5.91 Å². The first-order valence-corrected chi connectivity index (χ1v) is 9.45. The number of amides is 2. The van der Waals surface area contributed by atoms with Gasteiger partial charge in [0.15, 0.2) is 0 Å². The second-order valence-electron chi connectivity index (χ2n) is 7.09. The van der Waals surface area contributed by atoms with Crippen molar-refractivity contribution in [3.8, 4) is 0 Å². The van der Waals surface area contributed by atoms with Crippen LogP contribution in [0.15, 0.2) is 12.2 Å². The van der Waals surface area contributed by atoms with Crippen molar-refractivity contribution >= 4 is 34.1 Å². The molecule has 4 atom stereocenters. The molecule has 132 valence electrons. The summed E-state index contributed by atoms with van der Waals surface area (Å²) in [5, 5.41) is 12.9. The van der Waals surface area contributed by atoms with Gasteiger partial charge in [-0.25, -0.2) is 0 Å². The molecular weight excluding hydrogens is 340 g/mol. The first-order valence-electron chi connectivity index (χ1n) is 8.63. The lowest BCUT2D eigenvalue weighted by Gasteiger charge is -2.41. The molecule has 1 saturated carbocycles. The summed E-state index contributed by atoms with van der Waals surface area (Å²) >= 11 is 1.40. The van der Waals surface area contributed by atoms with Gasteiger partial charge < -0.3 is 16.2 Å². The van der Waals surface area contributed by atoms with Crippen LogP contribution in [0.25, 0.3) is 0 Å². The Morgan fingerprint density at radius 3 is 2.40 bits per heavy atom. The Balaban J connectivity index is 1.63. The van der Waals surface area contributed by atoms with Crippen LogP contribution in [0.2, 0.25) is 0 Å². The molecule has 4 N–H and O–H groups in total.